The third kappa shape index (κ3) is 2.81. The monoisotopic (exact) mass is 279 g/mol. The van der Waals surface area contributed by atoms with Crippen LogP contribution >= 0.6 is 0 Å². The van der Waals surface area contributed by atoms with E-state index in [0.717, 1.165) is 6.42 Å². The zero-order chi connectivity index (χ0) is 14.9. The molecule has 7 heteroatoms. The molecule has 1 aromatic heterocycles. The van der Waals surface area contributed by atoms with Gasteiger partial charge in [0.2, 0.25) is 11.9 Å². The van der Waals surface area contributed by atoms with Crippen molar-refractivity contribution in [2.75, 3.05) is 30.4 Å². The number of hydrogen-bond donors (Lipinski definition) is 1. The summed E-state index contributed by atoms with van der Waals surface area (Å²) in [6.45, 7) is 4.69. The number of nitrogens with zero attached hydrogens (tertiary/aromatic N) is 5. The normalized spacial score (nSPS) is 18.6. The molecular weight excluding hydrogens is 258 g/mol. The first kappa shape index (κ1) is 14.5. The Labute approximate surface area is 118 Å². The second kappa shape index (κ2) is 5.60. The summed E-state index contributed by atoms with van der Waals surface area (Å²) in [4.78, 5) is 28.1. The van der Waals surface area contributed by atoms with Crippen LogP contribution in [0.15, 0.2) is 0 Å². The van der Waals surface area contributed by atoms with E-state index >= 15 is 0 Å². The zero-order valence-electron chi connectivity index (χ0n) is 12.4. The van der Waals surface area contributed by atoms with Crippen molar-refractivity contribution in [3.63, 3.8) is 0 Å². The maximum absolute atomic E-state index is 11.3. The van der Waals surface area contributed by atoms with Gasteiger partial charge in [-0.15, -0.1) is 0 Å². The lowest BCUT2D eigenvalue weighted by atomic mass is 10.2. The number of rotatable bonds is 4. The lowest BCUT2D eigenvalue weighted by Gasteiger charge is -2.23. The first-order valence-corrected chi connectivity index (χ1v) is 6.83. The van der Waals surface area contributed by atoms with Crippen LogP contribution in [-0.2, 0) is 4.79 Å². The fourth-order valence-corrected chi connectivity index (χ4v) is 2.22. The van der Waals surface area contributed by atoms with Gasteiger partial charge in [-0.1, -0.05) is 13.8 Å². The third-order valence-electron chi connectivity index (χ3n) is 3.34. The van der Waals surface area contributed by atoms with Crippen LogP contribution in [0.3, 0.4) is 0 Å². The average molecular weight is 279 g/mol. The van der Waals surface area contributed by atoms with Gasteiger partial charge < -0.3 is 14.9 Å². The second-order valence-corrected chi connectivity index (χ2v) is 5.53. The summed E-state index contributed by atoms with van der Waals surface area (Å²) in [6.07, 6.45) is 1.48. The van der Waals surface area contributed by atoms with Crippen LogP contribution < -0.4 is 9.80 Å². The molecule has 1 aliphatic rings. The predicted molar refractivity (Wildman–Crippen MR) is 76.2 cm³/mol. The Bertz CT molecular complexity index is 477. The van der Waals surface area contributed by atoms with Crippen molar-refractivity contribution in [3.05, 3.63) is 5.82 Å². The first-order valence-electron chi connectivity index (χ1n) is 6.83. The van der Waals surface area contributed by atoms with E-state index in [1.54, 1.807) is 4.90 Å². The molecule has 0 spiro atoms. The smallest absolute Gasteiger partial charge is 0.326 e. The topological polar surface area (TPSA) is 82.5 Å². The van der Waals surface area contributed by atoms with Gasteiger partial charge in [0.1, 0.15) is 11.9 Å². The minimum Gasteiger partial charge on any atom is -0.480 e. The van der Waals surface area contributed by atoms with Crippen molar-refractivity contribution >= 4 is 17.9 Å². The Morgan fingerprint density at radius 3 is 2.60 bits per heavy atom. The number of carbonyl (C=O) groups is 1. The number of carboxylic acids is 1. The highest BCUT2D eigenvalue weighted by Gasteiger charge is 2.33. The lowest BCUT2D eigenvalue weighted by Crippen LogP contribution is -2.37. The summed E-state index contributed by atoms with van der Waals surface area (Å²) in [5, 5.41) is 9.28. The van der Waals surface area contributed by atoms with Gasteiger partial charge in [-0.25, -0.2) is 4.79 Å². The Hall–Kier alpha value is -1.92. The molecule has 0 saturated carbocycles. The molecule has 1 saturated heterocycles. The highest BCUT2D eigenvalue weighted by atomic mass is 16.4. The molecule has 0 unspecified atom stereocenters. The van der Waals surface area contributed by atoms with Gasteiger partial charge >= 0.3 is 5.97 Å². The van der Waals surface area contributed by atoms with E-state index in [4.69, 9.17) is 0 Å². The quantitative estimate of drug-likeness (QED) is 0.884. The van der Waals surface area contributed by atoms with E-state index in [-0.39, 0.29) is 5.92 Å². The van der Waals surface area contributed by atoms with Crippen molar-refractivity contribution < 1.29 is 9.90 Å². The van der Waals surface area contributed by atoms with E-state index in [1.165, 1.54) is 0 Å². The number of hydrogen-bond acceptors (Lipinski definition) is 6. The van der Waals surface area contributed by atoms with E-state index in [2.05, 4.69) is 15.0 Å². The zero-order valence-corrected chi connectivity index (χ0v) is 12.4. The van der Waals surface area contributed by atoms with Gasteiger partial charge in [-0.2, -0.15) is 15.0 Å². The number of aromatic nitrogens is 3. The molecule has 0 aromatic carbocycles. The van der Waals surface area contributed by atoms with Crippen LogP contribution in [-0.4, -0.2) is 52.7 Å². The maximum Gasteiger partial charge on any atom is 0.326 e. The summed E-state index contributed by atoms with van der Waals surface area (Å²) in [6, 6.07) is -0.535. The van der Waals surface area contributed by atoms with Gasteiger partial charge in [-0.05, 0) is 12.8 Å². The molecule has 1 N–H and O–H groups in total. The van der Waals surface area contributed by atoms with Crippen molar-refractivity contribution in [1.29, 1.82) is 0 Å². The lowest BCUT2D eigenvalue weighted by molar-refractivity contribution is -0.138. The third-order valence-corrected chi connectivity index (χ3v) is 3.34. The Morgan fingerprint density at radius 2 is 2.05 bits per heavy atom. The number of carboxylic acid groups (broad SMARTS) is 1. The number of anilines is 2. The molecular formula is C13H21N5O2. The maximum atomic E-state index is 11.3. The van der Waals surface area contributed by atoms with Crippen LogP contribution in [0.1, 0.15) is 38.4 Å². The molecule has 2 heterocycles. The van der Waals surface area contributed by atoms with Crippen molar-refractivity contribution in [3.8, 4) is 0 Å². The standard InChI is InChI=1S/C13H21N5O2/c1-8(2)10-14-12(17(3)4)16-13(15-10)18-7-5-6-9(18)11(19)20/h8-9H,5-7H2,1-4H3,(H,19,20)/t9-/m0/s1. The first-order chi connectivity index (χ1) is 9.40. The minimum absolute atomic E-state index is 0.168. The second-order valence-electron chi connectivity index (χ2n) is 5.53. The van der Waals surface area contributed by atoms with Gasteiger partial charge in [0.25, 0.3) is 0 Å². The predicted octanol–water partition coefficient (Wildman–Crippen LogP) is 1.11. The van der Waals surface area contributed by atoms with Crippen LogP contribution in [0.2, 0.25) is 0 Å². The molecule has 0 amide bonds. The Morgan fingerprint density at radius 1 is 1.35 bits per heavy atom. The molecule has 1 atom stereocenters. The van der Waals surface area contributed by atoms with Crippen molar-refractivity contribution in [2.24, 2.45) is 0 Å². The molecule has 0 radical (unpaired) electrons. The molecule has 110 valence electrons. The largest absolute Gasteiger partial charge is 0.480 e. The molecule has 0 bridgehead atoms. The van der Waals surface area contributed by atoms with E-state index in [0.29, 0.717) is 30.7 Å². The SMILES string of the molecule is CC(C)c1nc(N(C)C)nc(N2CCC[C@H]2C(=O)O)n1. The molecule has 7 nitrogen and oxygen atoms in total. The van der Waals surface area contributed by atoms with Crippen molar-refractivity contribution in [2.45, 2.75) is 38.6 Å². The number of aliphatic carboxylic acids is 1. The fraction of sp³-hybridized carbons (Fsp3) is 0.692. The molecule has 1 aromatic rings. The highest BCUT2D eigenvalue weighted by molar-refractivity contribution is 5.78. The van der Waals surface area contributed by atoms with Crippen LogP contribution in [0.25, 0.3) is 0 Å². The molecule has 1 fully saturated rings. The average Bonchev–Trinajstić information content (AvgIpc) is 2.87. The fourth-order valence-electron chi connectivity index (χ4n) is 2.22. The van der Waals surface area contributed by atoms with Crippen LogP contribution in [0.5, 0.6) is 0 Å². The summed E-state index contributed by atoms with van der Waals surface area (Å²) < 4.78 is 0. The summed E-state index contributed by atoms with van der Waals surface area (Å²) >= 11 is 0. The molecule has 20 heavy (non-hydrogen) atoms. The Kier molecular flexibility index (Phi) is 4.06. The summed E-state index contributed by atoms with van der Waals surface area (Å²) in [5.41, 5.74) is 0. The van der Waals surface area contributed by atoms with Gasteiger partial charge in [0, 0.05) is 26.6 Å². The van der Waals surface area contributed by atoms with E-state index in [9.17, 15) is 9.90 Å². The summed E-state index contributed by atoms with van der Waals surface area (Å²) in [5.74, 6) is 1.07. The van der Waals surface area contributed by atoms with Crippen molar-refractivity contribution in [1.82, 2.24) is 15.0 Å². The molecule has 1 aliphatic heterocycles. The van der Waals surface area contributed by atoms with Gasteiger partial charge in [0.05, 0.1) is 0 Å². The van der Waals surface area contributed by atoms with E-state index < -0.39 is 12.0 Å². The summed E-state index contributed by atoms with van der Waals surface area (Å²) in [7, 11) is 3.73. The van der Waals surface area contributed by atoms with Crippen LogP contribution in [0, 0.1) is 0 Å². The Balaban J connectivity index is 2.42. The highest BCUT2D eigenvalue weighted by Crippen LogP contribution is 2.25. The van der Waals surface area contributed by atoms with Gasteiger partial charge in [0.15, 0.2) is 0 Å². The minimum atomic E-state index is -0.819. The van der Waals surface area contributed by atoms with Gasteiger partial charge in [-0.3, -0.25) is 0 Å². The molecule has 2 rings (SSSR count). The molecule has 0 aliphatic carbocycles. The van der Waals surface area contributed by atoms with E-state index in [1.807, 2.05) is 32.8 Å². The van der Waals surface area contributed by atoms with Crippen LogP contribution in [0.4, 0.5) is 11.9 Å².